The number of rotatable bonds is 3. The molecular weight excluding hydrogens is 327 g/mol. The Kier molecular flexibility index (Phi) is 6.12. The first-order valence-electron chi connectivity index (χ1n) is 5.48. The van der Waals surface area contributed by atoms with Crippen LogP contribution < -0.4 is 5.32 Å². The fraction of sp³-hybridized carbons (Fsp3) is 0.417. The number of carbonyl (C=O) groups is 1. The third-order valence-electron chi connectivity index (χ3n) is 2.23. The molecule has 1 atom stereocenters. The van der Waals surface area contributed by atoms with Gasteiger partial charge in [-0.3, -0.25) is 0 Å². The van der Waals surface area contributed by atoms with Crippen molar-refractivity contribution >= 4 is 52.6 Å². The van der Waals surface area contributed by atoms with Gasteiger partial charge >= 0.3 is 6.03 Å². The second kappa shape index (κ2) is 6.93. The normalized spacial score (nSPS) is 12.9. The lowest BCUT2D eigenvalue weighted by Gasteiger charge is -2.26. The van der Waals surface area contributed by atoms with Crippen LogP contribution in [-0.2, 0) is 0 Å². The van der Waals surface area contributed by atoms with Gasteiger partial charge in [0.25, 0.3) is 0 Å². The molecule has 1 aromatic rings. The minimum atomic E-state index is -1.60. The first-order valence-corrected chi connectivity index (χ1v) is 7.49. The summed E-state index contributed by atoms with van der Waals surface area (Å²) in [5.74, 6) is 0. The summed E-state index contributed by atoms with van der Waals surface area (Å²) < 4.78 is -1.60. The Morgan fingerprint density at radius 1 is 1.26 bits per heavy atom. The van der Waals surface area contributed by atoms with Crippen LogP contribution in [0.5, 0.6) is 0 Å². The number of nitrogens with zero attached hydrogens (tertiary/aromatic N) is 1. The van der Waals surface area contributed by atoms with E-state index in [0.717, 1.165) is 10.5 Å². The number of hydrogen-bond acceptors (Lipinski definition) is 2. The topological polar surface area (TPSA) is 32.3 Å². The van der Waals surface area contributed by atoms with Gasteiger partial charge in [-0.15, -0.1) is 0 Å². The Bertz CT molecular complexity index is 432. The molecular formula is C12H15Cl3N2OS. The average molecular weight is 342 g/mol. The Morgan fingerprint density at radius 3 is 2.21 bits per heavy atom. The quantitative estimate of drug-likeness (QED) is 0.511. The molecule has 1 aromatic carbocycles. The summed E-state index contributed by atoms with van der Waals surface area (Å²) in [5.41, 5.74) is 1.15. The zero-order valence-corrected chi connectivity index (χ0v) is 13.9. The molecule has 0 unspecified atom stereocenters. The van der Waals surface area contributed by atoms with E-state index >= 15 is 0 Å². The van der Waals surface area contributed by atoms with Gasteiger partial charge in [0, 0.05) is 19.0 Å². The number of alkyl halides is 3. The number of hydrogen-bond donors (Lipinski definition) is 1. The van der Waals surface area contributed by atoms with Gasteiger partial charge in [-0.05, 0) is 19.1 Å². The van der Waals surface area contributed by atoms with E-state index in [1.807, 2.05) is 31.2 Å². The molecule has 0 heterocycles. The van der Waals surface area contributed by atoms with Gasteiger partial charge in [0.15, 0.2) is 0 Å². The molecule has 1 rings (SSSR count). The Morgan fingerprint density at radius 2 is 1.79 bits per heavy atom. The molecule has 19 heavy (non-hydrogen) atoms. The lowest BCUT2D eigenvalue weighted by molar-refractivity contribution is 0.216. The fourth-order valence-corrected chi connectivity index (χ4v) is 2.60. The van der Waals surface area contributed by atoms with Crippen molar-refractivity contribution in [2.24, 2.45) is 0 Å². The van der Waals surface area contributed by atoms with Crippen LogP contribution in [0.1, 0.15) is 5.56 Å². The Balaban J connectivity index is 2.81. The van der Waals surface area contributed by atoms with E-state index in [9.17, 15) is 4.79 Å². The number of aryl methyl sites for hydroxylation is 1. The van der Waals surface area contributed by atoms with Crippen molar-refractivity contribution in [1.82, 2.24) is 10.2 Å². The molecule has 0 aliphatic carbocycles. The molecule has 0 radical (unpaired) electrons. The van der Waals surface area contributed by atoms with Crippen molar-refractivity contribution < 1.29 is 4.79 Å². The van der Waals surface area contributed by atoms with Crippen molar-refractivity contribution in [1.29, 1.82) is 0 Å². The van der Waals surface area contributed by atoms with E-state index in [1.54, 1.807) is 14.1 Å². The summed E-state index contributed by atoms with van der Waals surface area (Å²) in [6, 6.07) is 7.46. The summed E-state index contributed by atoms with van der Waals surface area (Å²) in [7, 11) is 3.25. The predicted octanol–water partition coefficient (Wildman–Crippen LogP) is 4.05. The smallest absolute Gasteiger partial charge is 0.317 e. The summed E-state index contributed by atoms with van der Waals surface area (Å²) in [6.45, 7) is 1.99. The number of carbonyl (C=O) groups excluding carboxylic acids is 1. The molecule has 0 saturated heterocycles. The molecule has 0 spiro atoms. The van der Waals surface area contributed by atoms with Crippen LogP contribution in [0.15, 0.2) is 29.2 Å². The summed E-state index contributed by atoms with van der Waals surface area (Å²) in [5, 5.41) is 2.00. The number of thioether (sulfide) groups is 1. The summed E-state index contributed by atoms with van der Waals surface area (Å²) in [4.78, 5) is 14.0. The number of amides is 2. The third-order valence-corrected chi connectivity index (χ3v) is 4.53. The van der Waals surface area contributed by atoms with Crippen LogP contribution in [0, 0.1) is 6.92 Å². The standard InChI is InChI=1S/C12H15Cl3N2OS/c1-8-4-6-9(7-5-8)19-10(12(13,14)15)16-11(18)17(2)3/h4-7,10H,1-3H3,(H,16,18)/t10-/m0/s1. The van der Waals surface area contributed by atoms with Crippen LogP contribution in [0.2, 0.25) is 0 Å². The van der Waals surface area contributed by atoms with Gasteiger partial charge in [0.05, 0.1) is 0 Å². The molecule has 0 aliphatic heterocycles. The highest BCUT2D eigenvalue weighted by atomic mass is 35.6. The SMILES string of the molecule is Cc1ccc(S[C@H](NC(=O)N(C)C)C(Cl)(Cl)Cl)cc1. The monoisotopic (exact) mass is 340 g/mol. The first kappa shape index (κ1) is 16.8. The second-order valence-electron chi connectivity index (χ2n) is 4.20. The van der Waals surface area contributed by atoms with Gasteiger partial charge in [-0.1, -0.05) is 64.3 Å². The van der Waals surface area contributed by atoms with Gasteiger partial charge in [-0.25, -0.2) is 4.79 Å². The van der Waals surface area contributed by atoms with Gasteiger partial charge in [0.2, 0.25) is 3.79 Å². The highest BCUT2D eigenvalue weighted by Gasteiger charge is 2.35. The van der Waals surface area contributed by atoms with Crippen LogP contribution in [0.25, 0.3) is 0 Å². The molecule has 0 bridgehead atoms. The third kappa shape index (κ3) is 5.69. The summed E-state index contributed by atoms with van der Waals surface area (Å²) in [6.07, 6.45) is 0. The van der Waals surface area contributed by atoms with Crippen molar-refractivity contribution in [3.05, 3.63) is 29.8 Å². The van der Waals surface area contributed by atoms with E-state index < -0.39 is 9.17 Å². The molecule has 0 saturated carbocycles. The Hall–Kier alpha value is -0.290. The number of nitrogens with one attached hydrogen (secondary N) is 1. The van der Waals surface area contributed by atoms with E-state index in [4.69, 9.17) is 34.8 Å². The molecule has 106 valence electrons. The van der Waals surface area contributed by atoms with Crippen molar-refractivity contribution in [3.63, 3.8) is 0 Å². The zero-order chi connectivity index (χ0) is 14.6. The second-order valence-corrected chi connectivity index (χ2v) is 7.74. The Labute approximate surface area is 132 Å². The molecule has 7 heteroatoms. The largest absolute Gasteiger partial charge is 0.331 e. The predicted molar refractivity (Wildman–Crippen MR) is 83.3 cm³/mol. The van der Waals surface area contributed by atoms with Crippen molar-refractivity contribution in [3.8, 4) is 0 Å². The summed E-state index contributed by atoms with van der Waals surface area (Å²) >= 11 is 19.0. The van der Waals surface area contributed by atoms with Crippen molar-refractivity contribution in [2.45, 2.75) is 21.0 Å². The number of halogens is 3. The average Bonchev–Trinajstić information content (AvgIpc) is 2.29. The number of urea groups is 1. The lowest BCUT2D eigenvalue weighted by Crippen LogP contribution is -2.45. The van der Waals surface area contributed by atoms with Crippen LogP contribution in [-0.4, -0.2) is 34.2 Å². The zero-order valence-electron chi connectivity index (χ0n) is 10.8. The van der Waals surface area contributed by atoms with E-state index in [2.05, 4.69) is 5.32 Å². The minimum Gasteiger partial charge on any atom is -0.331 e. The molecule has 3 nitrogen and oxygen atoms in total. The lowest BCUT2D eigenvalue weighted by atomic mass is 10.2. The first-order chi connectivity index (χ1) is 8.70. The highest BCUT2D eigenvalue weighted by molar-refractivity contribution is 8.00. The molecule has 0 aliphatic rings. The van der Waals surface area contributed by atoms with E-state index in [-0.39, 0.29) is 6.03 Å². The fourth-order valence-electron chi connectivity index (χ4n) is 1.17. The highest BCUT2D eigenvalue weighted by Crippen LogP contribution is 2.39. The van der Waals surface area contributed by atoms with E-state index in [0.29, 0.717) is 0 Å². The van der Waals surface area contributed by atoms with Crippen LogP contribution >= 0.6 is 46.6 Å². The van der Waals surface area contributed by atoms with Gasteiger partial charge < -0.3 is 10.2 Å². The van der Waals surface area contributed by atoms with Crippen molar-refractivity contribution in [2.75, 3.05) is 14.1 Å². The minimum absolute atomic E-state index is 0.309. The van der Waals surface area contributed by atoms with Gasteiger partial charge in [0.1, 0.15) is 5.37 Å². The molecule has 2 amide bonds. The van der Waals surface area contributed by atoms with Crippen LogP contribution in [0.4, 0.5) is 4.79 Å². The maximum Gasteiger partial charge on any atom is 0.317 e. The van der Waals surface area contributed by atoms with E-state index in [1.165, 1.54) is 16.7 Å². The maximum atomic E-state index is 11.7. The molecule has 0 aromatic heterocycles. The maximum absolute atomic E-state index is 11.7. The van der Waals surface area contributed by atoms with Gasteiger partial charge in [-0.2, -0.15) is 0 Å². The molecule has 0 fully saturated rings. The van der Waals surface area contributed by atoms with Crippen LogP contribution in [0.3, 0.4) is 0 Å². The molecule has 1 N–H and O–H groups in total. The number of benzene rings is 1.